The number of aromatic nitrogens is 2. The molecule has 1 saturated carbocycles. The Morgan fingerprint density at radius 3 is 2.52 bits per heavy atom. The number of imidazole rings is 1. The Labute approximate surface area is 160 Å². The van der Waals surface area contributed by atoms with Gasteiger partial charge in [-0.1, -0.05) is 6.42 Å². The number of hydrogen-bond acceptors (Lipinski definition) is 5. The van der Waals surface area contributed by atoms with Crippen molar-refractivity contribution in [2.45, 2.75) is 31.4 Å². The Balaban J connectivity index is 1.59. The molecular formula is C21H29N3O3. The number of nitrogens with zero attached hydrogens (tertiary/aromatic N) is 3. The number of hydrogen-bond donors (Lipinski definition) is 1. The number of methoxy groups -OCH3 is 2. The van der Waals surface area contributed by atoms with Gasteiger partial charge < -0.3 is 19.1 Å². The second-order valence-corrected chi connectivity index (χ2v) is 7.88. The van der Waals surface area contributed by atoms with Crippen LogP contribution in [0.15, 0.2) is 30.6 Å². The monoisotopic (exact) mass is 371 g/mol. The van der Waals surface area contributed by atoms with Crippen molar-refractivity contribution >= 4 is 0 Å². The van der Waals surface area contributed by atoms with Gasteiger partial charge in [0.25, 0.3) is 0 Å². The number of rotatable bonds is 5. The Hall–Kier alpha value is -2.05. The standard InChI is InChI=1S/C21H29N3O3/c1-23-10-9-22-20(23)21(25)16-5-4-6-17(21)14-24(13-16)12-15-11-18(26-2)7-8-19(15)27-3/h7-11,16-17,25H,4-6,12-14H2,1-3H3. The normalized spacial score (nSPS) is 28.1. The molecule has 2 bridgehead atoms. The van der Waals surface area contributed by atoms with E-state index in [4.69, 9.17) is 9.47 Å². The van der Waals surface area contributed by atoms with Gasteiger partial charge in [0.2, 0.25) is 0 Å². The molecule has 1 saturated heterocycles. The van der Waals surface area contributed by atoms with Gasteiger partial charge in [0.05, 0.1) is 14.2 Å². The lowest BCUT2D eigenvalue weighted by Gasteiger charge is -2.52. The molecule has 1 aliphatic carbocycles. The Morgan fingerprint density at radius 1 is 1.19 bits per heavy atom. The van der Waals surface area contributed by atoms with Crippen LogP contribution in [0.25, 0.3) is 0 Å². The van der Waals surface area contributed by atoms with Crippen molar-refractivity contribution in [3.8, 4) is 11.5 Å². The first kappa shape index (κ1) is 18.3. The number of aryl methyl sites for hydroxylation is 1. The molecule has 6 heteroatoms. The molecule has 0 radical (unpaired) electrons. The topological polar surface area (TPSA) is 59.8 Å². The van der Waals surface area contributed by atoms with Crippen molar-refractivity contribution in [2.24, 2.45) is 18.9 Å². The van der Waals surface area contributed by atoms with Gasteiger partial charge in [0.15, 0.2) is 0 Å². The molecule has 1 aromatic carbocycles. The van der Waals surface area contributed by atoms with Crippen molar-refractivity contribution in [1.29, 1.82) is 0 Å². The third-order valence-electron chi connectivity index (χ3n) is 6.37. The van der Waals surface area contributed by atoms with Gasteiger partial charge in [-0.25, -0.2) is 4.98 Å². The van der Waals surface area contributed by atoms with E-state index in [0.29, 0.717) is 0 Å². The first-order chi connectivity index (χ1) is 13.1. The summed E-state index contributed by atoms with van der Waals surface area (Å²) in [6.45, 7) is 2.52. The number of piperidine rings is 1. The molecule has 2 fully saturated rings. The maximum atomic E-state index is 11.7. The van der Waals surface area contributed by atoms with E-state index in [9.17, 15) is 5.11 Å². The van der Waals surface area contributed by atoms with Crippen LogP contribution in [0, 0.1) is 11.8 Å². The van der Waals surface area contributed by atoms with Gasteiger partial charge in [0.1, 0.15) is 22.9 Å². The third kappa shape index (κ3) is 3.11. The Morgan fingerprint density at radius 2 is 1.93 bits per heavy atom. The summed E-state index contributed by atoms with van der Waals surface area (Å²) in [7, 11) is 5.36. The number of benzene rings is 1. The second kappa shape index (κ2) is 7.17. The molecule has 0 spiro atoms. The second-order valence-electron chi connectivity index (χ2n) is 7.88. The predicted molar refractivity (Wildman–Crippen MR) is 103 cm³/mol. The lowest BCUT2D eigenvalue weighted by atomic mass is 9.65. The summed E-state index contributed by atoms with van der Waals surface area (Å²) in [5, 5.41) is 11.7. The lowest BCUT2D eigenvalue weighted by Crippen LogP contribution is -2.58. The van der Waals surface area contributed by atoms with Gasteiger partial charge in [0, 0.05) is 56.5 Å². The highest BCUT2D eigenvalue weighted by Gasteiger charge is 2.53. The summed E-state index contributed by atoms with van der Waals surface area (Å²) < 4.78 is 12.9. The van der Waals surface area contributed by atoms with E-state index in [2.05, 4.69) is 9.88 Å². The van der Waals surface area contributed by atoms with Gasteiger partial charge in [-0.2, -0.15) is 0 Å². The van der Waals surface area contributed by atoms with E-state index in [1.165, 1.54) is 6.42 Å². The van der Waals surface area contributed by atoms with Crippen LogP contribution in [0.2, 0.25) is 0 Å². The maximum absolute atomic E-state index is 11.7. The van der Waals surface area contributed by atoms with Gasteiger partial charge in [-0.05, 0) is 31.0 Å². The first-order valence-electron chi connectivity index (χ1n) is 9.69. The van der Waals surface area contributed by atoms with E-state index in [0.717, 1.165) is 55.4 Å². The molecule has 1 aliphatic heterocycles. The summed E-state index contributed by atoms with van der Waals surface area (Å²) >= 11 is 0. The molecule has 1 N–H and O–H groups in total. The molecule has 4 rings (SSSR count). The minimum Gasteiger partial charge on any atom is -0.497 e. The summed E-state index contributed by atoms with van der Waals surface area (Å²) in [4.78, 5) is 6.96. The zero-order valence-electron chi connectivity index (χ0n) is 16.4. The summed E-state index contributed by atoms with van der Waals surface area (Å²) in [6.07, 6.45) is 6.96. The lowest BCUT2D eigenvalue weighted by molar-refractivity contribution is -0.155. The zero-order valence-corrected chi connectivity index (χ0v) is 16.4. The number of fused-ring (bicyclic) bond motifs is 2. The highest BCUT2D eigenvalue weighted by molar-refractivity contribution is 5.40. The molecule has 1 aromatic heterocycles. The van der Waals surface area contributed by atoms with E-state index in [1.54, 1.807) is 20.4 Å². The van der Waals surface area contributed by atoms with Crippen molar-refractivity contribution in [3.05, 3.63) is 42.0 Å². The molecule has 2 aliphatic rings. The van der Waals surface area contributed by atoms with Crippen LogP contribution >= 0.6 is 0 Å². The minimum absolute atomic E-state index is 0.197. The molecule has 146 valence electrons. The van der Waals surface area contributed by atoms with Crippen molar-refractivity contribution in [3.63, 3.8) is 0 Å². The fourth-order valence-electron chi connectivity index (χ4n) is 5.04. The molecule has 2 heterocycles. The third-order valence-corrected chi connectivity index (χ3v) is 6.37. The highest BCUT2D eigenvalue weighted by Crippen LogP contribution is 2.48. The maximum Gasteiger partial charge on any atom is 0.141 e. The molecule has 2 unspecified atom stereocenters. The molecule has 2 atom stereocenters. The average molecular weight is 371 g/mol. The van der Waals surface area contributed by atoms with Crippen molar-refractivity contribution < 1.29 is 14.6 Å². The molecular weight excluding hydrogens is 342 g/mol. The van der Waals surface area contributed by atoms with Crippen LogP contribution in [-0.2, 0) is 19.2 Å². The van der Waals surface area contributed by atoms with Crippen molar-refractivity contribution in [2.75, 3.05) is 27.3 Å². The highest BCUT2D eigenvalue weighted by atomic mass is 16.5. The number of aliphatic hydroxyl groups is 1. The quantitative estimate of drug-likeness (QED) is 0.875. The van der Waals surface area contributed by atoms with Gasteiger partial charge in [-0.3, -0.25) is 4.90 Å². The number of likely N-dealkylation sites (tertiary alicyclic amines) is 1. The summed E-state index contributed by atoms with van der Waals surface area (Å²) in [5.74, 6) is 2.93. The van der Waals surface area contributed by atoms with E-state index in [-0.39, 0.29) is 11.8 Å². The van der Waals surface area contributed by atoms with Gasteiger partial charge >= 0.3 is 0 Å². The van der Waals surface area contributed by atoms with E-state index >= 15 is 0 Å². The molecule has 0 amide bonds. The largest absolute Gasteiger partial charge is 0.497 e. The summed E-state index contributed by atoms with van der Waals surface area (Å²) in [5.41, 5.74) is 0.295. The first-order valence-corrected chi connectivity index (χ1v) is 9.69. The Kier molecular flexibility index (Phi) is 4.86. The van der Waals surface area contributed by atoms with Crippen LogP contribution in [0.5, 0.6) is 11.5 Å². The zero-order chi connectivity index (χ0) is 19.0. The van der Waals surface area contributed by atoms with E-state index < -0.39 is 5.60 Å². The van der Waals surface area contributed by atoms with Crippen LogP contribution in [-0.4, -0.2) is 46.9 Å². The fraction of sp³-hybridized carbons (Fsp3) is 0.571. The molecule has 2 aromatic rings. The SMILES string of the molecule is COc1ccc(OC)c(CN2CC3CCCC(C2)C3(O)c2nccn2C)c1. The fourth-order valence-corrected chi connectivity index (χ4v) is 5.04. The summed E-state index contributed by atoms with van der Waals surface area (Å²) in [6, 6.07) is 5.93. The van der Waals surface area contributed by atoms with Crippen LogP contribution in [0.3, 0.4) is 0 Å². The predicted octanol–water partition coefficient (Wildman–Crippen LogP) is 2.56. The Bertz CT molecular complexity index is 790. The van der Waals surface area contributed by atoms with Crippen molar-refractivity contribution in [1.82, 2.24) is 14.5 Å². The van der Waals surface area contributed by atoms with Crippen LogP contribution < -0.4 is 9.47 Å². The van der Waals surface area contributed by atoms with Crippen LogP contribution in [0.4, 0.5) is 0 Å². The average Bonchev–Trinajstić information content (AvgIpc) is 3.09. The number of ether oxygens (including phenoxy) is 2. The molecule has 27 heavy (non-hydrogen) atoms. The van der Waals surface area contributed by atoms with E-state index in [1.807, 2.05) is 36.0 Å². The smallest absolute Gasteiger partial charge is 0.141 e. The van der Waals surface area contributed by atoms with Crippen LogP contribution in [0.1, 0.15) is 30.7 Å². The molecule has 6 nitrogen and oxygen atoms in total. The van der Waals surface area contributed by atoms with Gasteiger partial charge in [-0.15, -0.1) is 0 Å². The minimum atomic E-state index is -0.828.